The van der Waals surface area contributed by atoms with Crippen molar-refractivity contribution in [3.05, 3.63) is 71.3 Å². The van der Waals surface area contributed by atoms with E-state index in [9.17, 15) is 19.5 Å². The maximum absolute atomic E-state index is 13.6. The number of nitrogens with zero attached hydrogens (tertiary/aromatic N) is 1. The van der Waals surface area contributed by atoms with Crippen molar-refractivity contribution < 1.29 is 24.2 Å². The molecule has 0 aromatic heterocycles. The van der Waals surface area contributed by atoms with E-state index in [-0.39, 0.29) is 24.8 Å². The van der Waals surface area contributed by atoms with Gasteiger partial charge in [0.05, 0.1) is 11.9 Å². The van der Waals surface area contributed by atoms with Gasteiger partial charge >= 0.3 is 6.09 Å². The molecule has 1 saturated heterocycles. The molecule has 3 N–H and O–H groups in total. The van der Waals surface area contributed by atoms with Crippen LogP contribution in [0.25, 0.3) is 0 Å². The summed E-state index contributed by atoms with van der Waals surface area (Å²) in [6.07, 6.45) is 3.78. The average Bonchev–Trinajstić information content (AvgIpc) is 3.24. The van der Waals surface area contributed by atoms with Gasteiger partial charge in [0.25, 0.3) is 5.91 Å². The largest absolute Gasteiger partial charge is 0.436 e. The summed E-state index contributed by atoms with van der Waals surface area (Å²) < 4.78 is 4.32. The zero-order chi connectivity index (χ0) is 27.7. The number of hydrogen-bond acceptors (Lipinski definition) is 6. The van der Waals surface area contributed by atoms with Gasteiger partial charge in [-0.2, -0.15) is 0 Å². The Hall–Kier alpha value is -3.48. The van der Waals surface area contributed by atoms with Crippen molar-refractivity contribution in [2.45, 2.75) is 63.1 Å². The first-order valence-corrected chi connectivity index (χ1v) is 13.5. The topological polar surface area (TPSA) is 108 Å². The number of carbonyl (C=O) groups excluding carboxylic acids is 3. The molecule has 38 heavy (non-hydrogen) atoms. The number of aliphatic hydroxyl groups excluding tert-OH is 1. The van der Waals surface area contributed by atoms with Gasteiger partial charge in [-0.25, -0.2) is 4.79 Å². The zero-order valence-corrected chi connectivity index (χ0v) is 22.8. The van der Waals surface area contributed by atoms with Crippen molar-refractivity contribution in [3.63, 3.8) is 0 Å². The number of nitrogens with one attached hydrogen (secondary N) is 2. The first kappa shape index (κ1) is 29.1. The highest BCUT2D eigenvalue weighted by molar-refractivity contribution is 8.00. The SMILES string of the molecule is C#CCOC(=O)N[C@@H](Cc1ccccc1)[C@H](O)C(=O)N1CSC(C)(C)[C@H]1C(=O)NCc1cccc(CC)c1. The molecule has 8 nitrogen and oxygen atoms in total. The number of ether oxygens (including phenoxy) is 1. The van der Waals surface area contributed by atoms with Gasteiger partial charge < -0.3 is 25.4 Å². The smallest absolute Gasteiger partial charge is 0.408 e. The second-order valence-electron chi connectivity index (χ2n) is 9.64. The number of hydrogen-bond donors (Lipinski definition) is 3. The van der Waals surface area contributed by atoms with Crippen molar-refractivity contribution in [2.75, 3.05) is 12.5 Å². The molecule has 3 amide bonds. The molecule has 9 heteroatoms. The molecular formula is C29H35N3O5S. The van der Waals surface area contributed by atoms with Crippen LogP contribution in [0.3, 0.4) is 0 Å². The summed E-state index contributed by atoms with van der Waals surface area (Å²) in [7, 11) is 0. The van der Waals surface area contributed by atoms with Crippen LogP contribution >= 0.6 is 11.8 Å². The number of amides is 3. The molecular weight excluding hydrogens is 502 g/mol. The molecule has 1 heterocycles. The summed E-state index contributed by atoms with van der Waals surface area (Å²) in [5.74, 6) is 1.49. The third-order valence-electron chi connectivity index (χ3n) is 6.47. The molecule has 0 spiro atoms. The van der Waals surface area contributed by atoms with E-state index in [0.29, 0.717) is 6.54 Å². The van der Waals surface area contributed by atoms with Crippen molar-refractivity contribution >= 4 is 29.7 Å². The Morgan fingerprint density at radius 1 is 1.16 bits per heavy atom. The maximum Gasteiger partial charge on any atom is 0.408 e. The summed E-state index contributed by atoms with van der Waals surface area (Å²) in [4.78, 5) is 40.6. The van der Waals surface area contributed by atoms with E-state index >= 15 is 0 Å². The average molecular weight is 538 g/mol. The Labute approximate surface area is 228 Å². The third-order valence-corrected chi connectivity index (χ3v) is 7.84. The number of carbonyl (C=O) groups is 3. The Bertz CT molecular complexity index is 1160. The number of aliphatic hydroxyl groups is 1. The summed E-state index contributed by atoms with van der Waals surface area (Å²) >= 11 is 1.46. The summed E-state index contributed by atoms with van der Waals surface area (Å²) in [6, 6.07) is 15.3. The predicted octanol–water partition coefficient (Wildman–Crippen LogP) is 2.88. The van der Waals surface area contributed by atoms with Gasteiger partial charge in [0.1, 0.15) is 6.04 Å². The van der Waals surface area contributed by atoms with E-state index in [1.165, 1.54) is 22.2 Å². The van der Waals surface area contributed by atoms with Crippen LogP contribution in [0.1, 0.15) is 37.5 Å². The summed E-state index contributed by atoms with van der Waals surface area (Å²) in [6.45, 7) is 5.95. The molecule has 0 saturated carbocycles. The fourth-order valence-corrected chi connectivity index (χ4v) is 5.55. The lowest BCUT2D eigenvalue weighted by molar-refractivity contribution is -0.147. The minimum absolute atomic E-state index is 0.175. The van der Waals surface area contributed by atoms with Crippen LogP contribution in [0, 0.1) is 12.3 Å². The van der Waals surface area contributed by atoms with Crippen LogP contribution in [0.4, 0.5) is 4.79 Å². The Kier molecular flexibility index (Phi) is 10.2. The molecule has 0 unspecified atom stereocenters. The van der Waals surface area contributed by atoms with E-state index in [1.807, 2.05) is 68.4 Å². The van der Waals surface area contributed by atoms with Gasteiger partial charge in [0.2, 0.25) is 5.91 Å². The highest BCUT2D eigenvalue weighted by atomic mass is 32.2. The molecule has 0 radical (unpaired) electrons. The molecule has 1 aliphatic heterocycles. The number of aryl methyl sites for hydroxylation is 1. The number of benzene rings is 2. The molecule has 202 valence electrons. The van der Waals surface area contributed by atoms with Gasteiger partial charge in [-0.15, -0.1) is 18.2 Å². The summed E-state index contributed by atoms with van der Waals surface area (Å²) in [5.41, 5.74) is 2.95. The van der Waals surface area contributed by atoms with Gasteiger partial charge in [-0.3, -0.25) is 9.59 Å². The van der Waals surface area contributed by atoms with Crippen LogP contribution in [-0.2, 0) is 33.7 Å². The Balaban J connectivity index is 1.76. The third kappa shape index (κ3) is 7.53. The van der Waals surface area contributed by atoms with Crippen LogP contribution in [-0.4, -0.2) is 63.3 Å². The van der Waals surface area contributed by atoms with E-state index in [0.717, 1.165) is 17.5 Å². The van der Waals surface area contributed by atoms with Crippen molar-refractivity contribution in [2.24, 2.45) is 0 Å². The van der Waals surface area contributed by atoms with Crippen molar-refractivity contribution in [3.8, 4) is 12.3 Å². The lowest BCUT2D eigenvalue weighted by Gasteiger charge is -2.33. The second kappa shape index (κ2) is 13.4. The van der Waals surface area contributed by atoms with E-state index in [1.54, 1.807) is 0 Å². The predicted molar refractivity (Wildman–Crippen MR) is 148 cm³/mol. The molecule has 3 atom stereocenters. The maximum atomic E-state index is 13.6. The lowest BCUT2D eigenvalue weighted by Crippen LogP contribution is -2.58. The second-order valence-corrected chi connectivity index (χ2v) is 11.2. The van der Waals surface area contributed by atoms with Gasteiger partial charge in [-0.05, 0) is 43.4 Å². The number of rotatable bonds is 10. The number of terminal acetylenes is 1. The van der Waals surface area contributed by atoms with Crippen LogP contribution in [0.15, 0.2) is 54.6 Å². The van der Waals surface area contributed by atoms with Gasteiger partial charge in [0.15, 0.2) is 12.7 Å². The quantitative estimate of drug-likeness (QED) is 0.403. The molecule has 1 aliphatic rings. The van der Waals surface area contributed by atoms with Crippen LogP contribution < -0.4 is 10.6 Å². The molecule has 3 rings (SSSR count). The first-order chi connectivity index (χ1) is 18.2. The van der Waals surface area contributed by atoms with Crippen molar-refractivity contribution in [1.82, 2.24) is 15.5 Å². The number of thioether (sulfide) groups is 1. The molecule has 0 aliphatic carbocycles. The fourth-order valence-electron chi connectivity index (χ4n) is 4.41. The minimum Gasteiger partial charge on any atom is -0.436 e. The van der Waals surface area contributed by atoms with Gasteiger partial charge in [-0.1, -0.05) is 67.4 Å². The van der Waals surface area contributed by atoms with E-state index < -0.39 is 34.9 Å². The highest BCUT2D eigenvalue weighted by Crippen LogP contribution is 2.40. The lowest BCUT2D eigenvalue weighted by atomic mass is 9.97. The number of alkyl carbamates (subject to hydrolysis) is 1. The minimum atomic E-state index is -1.61. The van der Waals surface area contributed by atoms with Crippen LogP contribution in [0.2, 0.25) is 0 Å². The van der Waals surface area contributed by atoms with E-state index in [2.05, 4.69) is 23.5 Å². The zero-order valence-electron chi connectivity index (χ0n) is 22.0. The van der Waals surface area contributed by atoms with E-state index in [4.69, 9.17) is 11.2 Å². The highest BCUT2D eigenvalue weighted by Gasteiger charge is 2.49. The van der Waals surface area contributed by atoms with Crippen molar-refractivity contribution in [1.29, 1.82) is 0 Å². The summed E-state index contributed by atoms with van der Waals surface area (Å²) in [5, 5.41) is 16.7. The van der Waals surface area contributed by atoms with Crippen LogP contribution in [0.5, 0.6) is 0 Å². The standard InChI is InChI=1S/C29H35N3O5S/c1-5-15-37-28(36)31-23(17-21-11-8-7-9-12-21)24(33)27(35)32-19-38-29(3,4)25(32)26(34)30-18-22-14-10-13-20(6-2)16-22/h1,7-14,16,23-25,33H,6,15,17-19H2,2-4H3,(H,30,34)(H,31,36)/t23-,24-,25+/m0/s1. The van der Waals surface area contributed by atoms with Gasteiger partial charge in [0, 0.05) is 11.3 Å². The Morgan fingerprint density at radius 3 is 2.53 bits per heavy atom. The molecule has 2 aromatic carbocycles. The monoisotopic (exact) mass is 537 g/mol. The molecule has 0 bridgehead atoms. The normalized spacial score (nSPS) is 17.7. The first-order valence-electron chi connectivity index (χ1n) is 12.5. The molecule has 2 aromatic rings. The Morgan fingerprint density at radius 2 is 1.84 bits per heavy atom. The molecule has 1 fully saturated rings. The fraction of sp³-hybridized carbons (Fsp3) is 0.414.